The summed E-state index contributed by atoms with van der Waals surface area (Å²) in [5.74, 6) is 0.899. The number of ether oxygens (including phenoxy) is 1. The number of hydrogen-bond acceptors (Lipinski definition) is 3. The Bertz CT molecular complexity index is 569. The molecular weight excluding hydrogens is 262 g/mol. The van der Waals surface area contributed by atoms with Crippen LogP contribution in [0, 0.1) is 0 Å². The summed E-state index contributed by atoms with van der Waals surface area (Å²) >= 11 is 0. The predicted octanol–water partition coefficient (Wildman–Crippen LogP) is 3.08. The number of nitrogens with one attached hydrogen (secondary N) is 1. The summed E-state index contributed by atoms with van der Waals surface area (Å²) in [6, 6.07) is 16.5. The number of aliphatic hydroxyl groups excluding tert-OH is 1. The van der Waals surface area contributed by atoms with E-state index < -0.39 is 0 Å². The van der Waals surface area contributed by atoms with E-state index in [1.54, 1.807) is 7.11 Å². The van der Waals surface area contributed by atoms with Crippen molar-refractivity contribution in [3.05, 3.63) is 65.2 Å². The molecule has 1 atom stereocenters. The molecule has 0 aliphatic carbocycles. The molecule has 2 aromatic carbocycles. The Labute approximate surface area is 126 Å². The van der Waals surface area contributed by atoms with Gasteiger partial charge in [-0.15, -0.1) is 0 Å². The minimum atomic E-state index is 0.0877. The zero-order chi connectivity index (χ0) is 15.1. The van der Waals surface area contributed by atoms with E-state index in [0.717, 1.165) is 24.3 Å². The molecule has 0 aliphatic rings. The van der Waals surface area contributed by atoms with Crippen LogP contribution >= 0.6 is 0 Å². The van der Waals surface area contributed by atoms with Gasteiger partial charge < -0.3 is 15.2 Å². The van der Waals surface area contributed by atoms with Gasteiger partial charge in [-0.3, -0.25) is 0 Å². The predicted molar refractivity (Wildman–Crippen MR) is 85.5 cm³/mol. The van der Waals surface area contributed by atoms with Gasteiger partial charge in [0, 0.05) is 6.04 Å². The summed E-state index contributed by atoms with van der Waals surface area (Å²) in [7, 11) is 1.69. The molecule has 0 bridgehead atoms. The lowest BCUT2D eigenvalue weighted by Gasteiger charge is -2.15. The molecule has 0 saturated heterocycles. The third-order valence-corrected chi connectivity index (χ3v) is 3.63. The largest absolute Gasteiger partial charge is 0.497 e. The molecular formula is C18H23NO2. The van der Waals surface area contributed by atoms with Crippen molar-refractivity contribution in [3.63, 3.8) is 0 Å². The first-order chi connectivity index (χ1) is 10.2. The van der Waals surface area contributed by atoms with Gasteiger partial charge in [0.1, 0.15) is 5.75 Å². The third-order valence-electron chi connectivity index (χ3n) is 3.63. The van der Waals surface area contributed by atoms with Gasteiger partial charge in [0.25, 0.3) is 0 Å². The van der Waals surface area contributed by atoms with Crippen LogP contribution in [0.2, 0.25) is 0 Å². The standard InChI is InChI=1S/C18H23NO2/c1-14(17-7-3-6-16(11-17)13-20)19-10-9-15-5-4-8-18(12-15)21-2/h3-8,11-12,14,19-20H,9-10,13H2,1-2H3. The molecule has 0 radical (unpaired) electrons. The SMILES string of the molecule is COc1cccc(CCNC(C)c2cccc(CO)c2)c1. The van der Waals surface area contributed by atoms with Gasteiger partial charge in [-0.25, -0.2) is 0 Å². The van der Waals surface area contributed by atoms with Crippen LogP contribution in [-0.2, 0) is 13.0 Å². The maximum absolute atomic E-state index is 9.19. The molecule has 3 nitrogen and oxygen atoms in total. The number of benzene rings is 2. The number of aliphatic hydroxyl groups is 1. The van der Waals surface area contributed by atoms with Gasteiger partial charge in [0.15, 0.2) is 0 Å². The van der Waals surface area contributed by atoms with E-state index in [4.69, 9.17) is 4.74 Å². The van der Waals surface area contributed by atoms with Crippen molar-refractivity contribution in [2.45, 2.75) is 26.0 Å². The van der Waals surface area contributed by atoms with Crippen LogP contribution in [0.4, 0.5) is 0 Å². The molecule has 0 aliphatic heterocycles. The third kappa shape index (κ3) is 4.59. The molecule has 2 rings (SSSR count). The Morgan fingerprint density at radius 3 is 2.62 bits per heavy atom. The number of methoxy groups -OCH3 is 1. The van der Waals surface area contributed by atoms with Crippen molar-refractivity contribution >= 4 is 0 Å². The average Bonchev–Trinajstić information content (AvgIpc) is 2.55. The van der Waals surface area contributed by atoms with Gasteiger partial charge in [-0.1, -0.05) is 36.4 Å². The highest BCUT2D eigenvalue weighted by Crippen LogP contribution is 2.15. The molecule has 3 heteroatoms. The van der Waals surface area contributed by atoms with Crippen molar-refractivity contribution in [2.75, 3.05) is 13.7 Å². The fraction of sp³-hybridized carbons (Fsp3) is 0.333. The van der Waals surface area contributed by atoms with Crippen LogP contribution in [0.25, 0.3) is 0 Å². The van der Waals surface area contributed by atoms with E-state index in [1.807, 2.05) is 30.3 Å². The van der Waals surface area contributed by atoms with Crippen molar-refractivity contribution in [3.8, 4) is 5.75 Å². The molecule has 0 fully saturated rings. The Morgan fingerprint density at radius 1 is 1.10 bits per heavy atom. The first kappa shape index (κ1) is 15.5. The zero-order valence-electron chi connectivity index (χ0n) is 12.7. The van der Waals surface area contributed by atoms with Crippen molar-refractivity contribution < 1.29 is 9.84 Å². The molecule has 2 aromatic rings. The highest BCUT2D eigenvalue weighted by molar-refractivity contribution is 5.29. The van der Waals surface area contributed by atoms with E-state index in [-0.39, 0.29) is 12.6 Å². The monoisotopic (exact) mass is 285 g/mol. The first-order valence-electron chi connectivity index (χ1n) is 7.29. The van der Waals surface area contributed by atoms with E-state index in [2.05, 4.69) is 30.4 Å². The topological polar surface area (TPSA) is 41.5 Å². The highest BCUT2D eigenvalue weighted by atomic mass is 16.5. The van der Waals surface area contributed by atoms with Gasteiger partial charge in [0.2, 0.25) is 0 Å². The molecule has 112 valence electrons. The van der Waals surface area contributed by atoms with E-state index in [1.165, 1.54) is 11.1 Å². The lowest BCUT2D eigenvalue weighted by Crippen LogP contribution is -2.21. The first-order valence-corrected chi connectivity index (χ1v) is 7.29. The summed E-state index contributed by atoms with van der Waals surface area (Å²) < 4.78 is 5.23. The fourth-order valence-corrected chi connectivity index (χ4v) is 2.34. The lowest BCUT2D eigenvalue weighted by molar-refractivity contribution is 0.281. The number of hydrogen-bond donors (Lipinski definition) is 2. The summed E-state index contributed by atoms with van der Waals surface area (Å²) in [6.07, 6.45) is 0.960. The van der Waals surface area contributed by atoms with Gasteiger partial charge in [-0.05, 0) is 48.7 Å². The molecule has 0 saturated carbocycles. The number of rotatable bonds is 7. The second-order valence-corrected chi connectivity index (χ2v) is 5.18. The average molecular weight is 285 g/mol. The molecule has 0 aromatic heterocycles. The fourth-order valence-electron chi connectivity index (χ4n) is 2.34. The van der Waals surface area contributed by atoms with Crippen LogP contribution in [0.15, 0.2) is 48.5 Å². The van der Waals surface area contributed by atoms with Crippen LogP contribution in [0.5, 0.6) is 5.75 Å². The smallest absolute Gasteiger partial charge is 0.119 e. The van der Waals surface area contributed by atoms with Crippen LogP contribution < -0.4 is 10.1 Å². The van der Waals surface area contributed by atoms with Crippen LogP contribution in [0.1, 0.15) is 29.7 Å². The maximum Gasteiger partial charge on any atom is 0.119 e. The summed E-state index contributed by atoms with van der Waals surface area (Å²) in [5.41, 5.74) is 3.42. The molecule has 21 heavy (non-hydrogen) atoms. The minimum Gasteiger partial charge on any atom is -0.497 e. The van der Waals surface area contributed by atoms with Crippen LogP contribution in [0.3, 0.4) is 0 Å². The molecule has 1 unspecified atom stereocenters. The minimum absolute atomic E-state index is 0.0877. The van der Waals surface area contributed by atoms with Crippen molar-refractivity contribution in [1.82, 2.24) is 5.32 Å². The van der Waals surface area contributed by atoms with E-state index in [9.17, 15) is 5.11 Å². The molecule has 0 amide bonds. The second kappa shape index (κ2) is 7.81. The Balaban J connectivity index is 1.87. The molecule has 2 N–H and O–H groups in total. The van der Waals surface area contributed by atoms with Gasteiger partial charge in [0.05, 0.1) is 13.7 Å². The lowest BCUT2D eigenvalue weighted by atomic mass is 10.0. The molecule has 0 spiro atoms. The van der Waals surface area contributed by atoms with Crippen molar-refractivity contribution in [2.24, 2.45) is 0 Å². The Hall–Kier alpha value is -1.84. The van der Waals surface area contributed by atoms with E-state index in [0.29, 0.717) is 0 Å². The van der Waals surface area contributed by atoms with Crippen LogP contribution in [-0.4, -0.2) is 18.8 Å². The second-order valence-electron chi connectivity index (χ2n) is 5.18. The quantitative estimate of drug-likeness (QED) is 0.821. The summed E-state index contributed by atoms with van der Waals surface area (Å²) in [4.78, 5) is 0. The van der Waals surface area contributed by atoms with Crippen molar-refractivity contribution in [1.29, 1.82) is 0 Å². The Kier molecular flexibility index (Phi) is 5.78. The molecule has 0 heterocycles. The maximum atomic E-state index is 9.19. The normalized spacial score (nSPS) is 12.1. The Morgan fingerprint density at radius 2 is 1.86 bits per heavy atom. The highest BCUT2D eigenvalue weighted by Gasteiger charge is 2.05. The summed E-state index contributed by atoms with van der Waals surface area (Å²) in [6.45, 7) is 3.13. The summed E-state index contributed by atoms with van der Waals surface area (Å²) in [5, 5.41) is 12.7. The van der Waals surface area contributed by atoms with E-state index >= 15 is 0 Å². The van der Waals surface area contributed by atoms with Gasteiger partial charge in [-0.2, -0.15) is 0 Å². The zero-order valence-corrected chi connectivity index (χ0v) is 12.7. The van der Waals surface area contributed by atoms with Gasteiger partial charge >= 0.3 is 0 Å².